The molecule has 1 saturated heterocycles. The van der Waals surface area contributed by atoms with Crippen LogP contribution in [0.4, 0.5) is 4.39 Å². The van der Waals surface area contributed by atoms with E-state index in [1.54, 1.807) is 0 Å². The minimum atomic E-state index is -0.477. The van der Waals surface area contributed by atoms with Gasteiger partial charge in [0.1, 0.15) is 11.6 Å². The van der Waals surface area contributed by atoms with E-state index in [1.807, 2.05) is 0 Å². The lowest BCUT2D eigenvalue weighted by Gasteiger charge is -2.13. The van der Waals surface area contributed by atoms with Gasteiger partial charge < -0.3 is 4.74 Å². The highest BCUT2D eigenvalue weighted by Gasteiger charge is 2.19. The maximum atomic E-state index is 13.5. The minimum absolute atomic E-state index is 0.122. The van der Waals surface area contributed by atoms with E-state index in [-0.39, 0.29) is 11.3 Å². The molecule has 0 saturated carbocycles. The lowest BCUT2D eigenvalue weighted by atomic mass is 10.1. The van der Waals surface area contributed by atoms with Crippen molar-refractivity contribution in [3.05, 3.63) is 29.6 Å². The number of ketones is 1. The standard InChI is InChI=1S/C13H16FNO2/c1-17-10-4-5-12(14)11(8-10)13(16)9-15-6-2-3-7-15/h4-5,8H,2-3,6-7,9H2,1H3. The van der Waals surface area contributed by atoms with Gasteiger partial charge in [-0.25, -0.2) is 4.39 Å². The molecule has 92 valence electrons. The van der Waals surface area contributed by atoms with Crippen LogP contribution < -0.4 is 4.74 Å². The summed E-state index contributed by atoms with van der Waals surface area (Å²) in [6.07, 6.45) is 2.24. The van der Waals surface area contributed by atoms with Crippen LogP contribution in [0, 0.1) is 5.82 Å². The van der Waals surface area contributed by atoms with Gasteiger partial charge in [0.25, 0.3) is 0 Å². The van der Waals surface area contributed by atoms with Crippen molar-refractivity contribution in [1.29, 1.82) is 0 Å². The van der Waals surface area contributed by atoms with E-state index < -0.39 is 5.82 Å². The number of hydrogen-bond acceptors (Lipinski definition) is 3. The van der Waals surface area contributed by atoms with Gasteiger partial charge in [-0.05, 0) is 44.1 Å². The molecule has 0 bridgehead atoms. The molecule has 4 heteroatoms. The first-order valence-corrected chi connectivity index (χ1v) is 5.80. The molecule has 1 aromatic rings. The fraction of sp³-hybridized carbons (Fsp3) is 0.462. The highest BCUT2D eigenvalue weighted by molar-refractivity contribution is 5.98. The summed E-state index contributed by atoms with van der Waals surface area (Å²) in [5.74, 6) is -0.144. The largest absolute Gasteiger partial charge is 0.497 e. The molecule has 2 rings (SSSR count). The van der Waals surface area contributed by atoms with Crippen molar-refractivity contribution < 1.29 is 13.9 Å². The summed E-state index contributed by atoms with van der Waals surface area (Å²) < 4.78 is 18.5. The SMILES string of the molecule is COc1ccc(F)c(C(=O)CN2CCCC2)c1. The van der Waals surface area contributed by atoms with Crippen molar-refractivity contribution in [2.45, 2.75) is 12.8 Å². The van der Waals surface area contributed by atoms with Crippen molar-refractivity contribution in [3.8, 4) is 5.75 Å². The molecular weight excluding hydrogens is 221 g/mol. The minimum Gasteiger partial charge on any atom is -0.497 e. The topological polar surface area (TPSA) is 29.5 Å². The molecule has 0 spiro atoms. The van der Waals surface area contributed by atoms with Gasteiger partial charge in [0.15, 0.2) is 5.78 Å². The zero-order chi connectivity index (χ0) is 12.3. The number of hydrogen-bond donors (Lipinski definition) is 0. The van der Waals surface area contributed by atoms with Crippen LogP contribution >= 0.6 is 0 Å². The molecule has 1 aliphatic rings. The monoisotopic (exact) mass is 237 g/mol. The summed E-state index contributed by atoms with van der Waals surface area (Å²) >= 11 is 0. The van der Waals surface area contributed by atoms with Gasteiger partial charge in [-0.2, -0.15) is 0 Å². The summed E-state index contributed by atoms with van der Waals surface area (Å²) in [5.41, 5.74) is 0.122. The molecule has 17 heavy (non-hydrogen) atoms. The van der Waals surface area contributed by atoms with Gasteiger partial charge in [-0.3, -0.25) is 9.69 Å². The van der Waals surface area contributed by atoms with Gasteiger partial charge in [-0.1, -0.05) is 0 Å². The average molecular weight is 237 g/mol. The van der Waals surface area contributed by atoms with Gasteiger partial charge in [0, 0.05) is 0 Å². The lowest BCUT2D eigenvalue weighted by molar-refractivity contribution is 0.0941. The number of methoxy groups -OCH3 is 1. The molecule has 0 aromatic heterocycles. The predicted octanol–water partition coefficient (Wildman–Crippen LogP) is 2.11. The molecule has 0 aliphatic carbocycles. The first-order valence-electron chi connectivity index (χ1n) is 5.80. The Hall–Kier alpha value is -1.42. The normalized spacial score (nSPS) is 16.1. The Morgan fingerprint density at radius 2 is 2.12 bits per heavy atom. The average Bonchev–Trinajstić information content (AvgIpc) is 2.82. The summed E-state index contributed by atoms with van der Waals surface area (Å²) in [6, 6.07) is 4.26. The smallest absolute Gasteiger partial charge is 0.179 e. The van der Waals surface area contributed by atoms with Crippen molar-refractivity contribution in [3.63, 3.8) is 0 Å². The maximum Gasteiger partial charge on any atom is 0.179 e. The van der Waals surface area contributed by atoms with Gasteiger partial charge in [-0.15, -0.1) is 0 Å². The molecule has 0 unspecified atom stereocenters. The Labute approximate surface area is 100 Å². The van der Waals surface area contributed by atoms with Crippen LogP contribution in [0.5, 0.6) is 5.75 Å². The van der Waals surface area contributed by atoms with Gasteiger partial charge in [0.2, 0.25) is 0 Å². The Morgan fingerprint density at radius 3 is 2.76 bits per heavy atom. The quantitative estimate of drug-likeness (QED) is 0.751. The predicted molar refractivity (Wildman–Crippen MR) is 63.0 cm³/mol. The highest BCUT2D eigenvalue weighted by Crippen LogP contribution is 2.18. The number of nitrogens with zero attached hydrogens (tertiary/aromatic N) is 1. The van der Waals surface area contributed by atoms with Gasteiger partial charge >= 0.3 is 0 Å². The van der Waals surface area contributed by atoms with Gasteiger partial charge in [0.05, 0.1) is 19.2 Å². The summed E-state index contributed by atoms with van der Waals surface area (Å²) in [4.78, 5) is 14.0. The van der Waals surface area contributed by atoms with Crippen molar-refractivity contribution in [2.75, 3.05) is 26.7 Å². The zero-order valence-corrected chi connectivity index (χ0v) is 9.91. The molecule has 1 heterocycles. The number of Topliss-reactive ketones (excluding diaryl/α,β-unsaturated/α-hetero) is 1. The molecule has 1 aliphatic heterocycles. The third kappa shape index (κ3) is 2.82. The van der Waals surface area contributed by atoms with E-state index in [9.17, 15) is 9.18 Å². The van der Waals surface area contributed by atoms with Crippen LogP contribution in [0.25, 0.3) is 0 Å². The Morgan fingerprint density at radius 1 is 1.41 bits per heavy atom. The number of carbonyl (C=O) groups excluding carboxylic acids is 1. The summed E-state index contributed by atoms with van der Waals surface area (Å²) in [6.45, 7) is 2.15. The third-order valence-electron chi connectivity index (χ3n) is 3.04. The summed E-state index contributed by atoms with van der Waals surface area (Å²) in [5, 5.41) is 0. The van der Waals surface area contributed by atoms with E-state index in [2.05, 4.69) is 4.90 Å². The van der Waals surface area contributed by atoms with Crippen LogP contribution in [0.15, 0.2) is 18.2 Å². The van der Waals surface area contributed by atoms with Crippen LogP contribution in [0.2, 0.25) is 0 Å². The molecule has 0 N–H and O–H groups in total. The number of rotatable bonds is 4. The molecule has 0 radical (unpaired) electrons. The Bertz CT molecular complexity index is 414. The van der Waals surface area contributed by atoms with Crippen molar-refractivity contribution in [1.82, 2.24) is 4.90 Å². The molecule has 0 amide bonds. The number of carbonyl (C=O) groups is 1. The number of likely N-dealkylation sites (tertiary alicyclic amines) is 1. The molecule has 1 fully saturated rings. The molecule has 0 atom stereocenters. The lowest BCUT2D eigenvalue weighted by Crippen LogP contribution is -2.27. The number of benzene rings is 1. The number of halogens is 1. The second-order valence-corrected chi connectivity index (χ2v) is 4.25. The molecule has 3 nitrogen and oxygen atoms in total. The second kappa shape index (κ2) is 5.27. The van der Waals surface area contributed by atoms with E-state index in [0.717, 1.165) is 25.9 Å². The Balaban J connectivity index is 2.11. The molecular formula is C13H16FNO2. The zero-order valence-electron chi connectivity index (χ0n) is 9.91. The third-order valence-corrected chi connectivity index (χ3v) is 3.04. The fourth-order valence-electron chi connectivity index (χ4n) is 2.07. The Kier molecular flexibility index (Phi) is 3.74. The van der Waals surface area contributed by atoms with Crippen LogP contribution in [0.1, 0.15) is 23.2 Å². The molecule has 1 aromatic carbocycles. The van der Waals surface area contributed by atoms with Crippen LogP contribution in [0.3, 0.4) is 0 Å². The van der Waals surface area contributed by atoms with E-state index in [1.165, 1.54) is 25.3 Å². The highest BCUT2D eigenvalue weighted by atomic mass is 19.1. The maximum absolute atomic E-state index is 13.5. The second-order valence-electron chi connectivity index (χ2n) is 4.25. The first-order chi connectivity index (χ1) is 8.20. The van der Waals surface area contributed by atoms with Crippen molar-refractivity contribution in [2.24, 2.45) is 0 Å². The fourth-order valence-corrected chi connectivity index (χ4v) is 2.07. The van der Waals surface area contributed by atoms with E-state index >= 15 is 0 Å². The van der Waals surface area contributed by atoms with Crippen LogP contribution in [-0.4, -0.2) is 37.4 Å². The van der Waals surface area contributed by atoms with Crippen molar-refractivity contribution >= 4 is 5.78 Å². The van der Waals surface area contributed by atoms with Crippen LogP contribution in [-0.2, 0) is 0 Å². The summed E-state index contributed by atoms with van der Waals surface area (Å²) in [7, 11) is 1.50. The van der Waals surface area contributed by atoms with E-state index in [4.69, 9.17) is 4.74 Å². The first kappa shape index (κ1) is 12.0. The number of ether oxygens (including phenoxy) is 1. The van der Waals surface area contributed by atoms with E-state index in [0.29, 0.717) is 12.3 Å².